The molecule has 0 saturated carbocycles. The number of benzene rings is 3. The van der Waals surface area contributed by atoms with Crippen molar-refractivity contribution in [1.82, 2.24) is 14.1 Å². The lowest BCUT2D eigenvalue weighted by molar-refractivity contribution is -0.141. The second kappa shape index (κ2) is 9.57. The van der Waals surface area contributed by atoms with Gasteiger partial charge in [0.15, 0.2) is 5.69 Å². The van der Waals surface area contributed by atoms with Gasteiger partial charge in [-0.25, -0.2) is 8.99 Å². The van der Waals surface area contributed by atoms with Crippen LogP contribution in [0.5, 0.6) is 0 Å². The molecule has 0 fully saturated rings. The van der Waals surface area contributed by atoms with Gasteiger partial charge in [-0.05, 0) is 41.0 Å². The van der Waals surface area contributed by atoms with Crippen LogP contribution in [0.2, 0.25) is 0 Å². The number of carbonyl (C=O) groups excluding carboxylic acids is 1. The monoisotopic (exact) mass is 543 g/mol. The van der Waals surface area contributed by atoms with Crippen LogP contribution >= 0.6 is 10.8 Å². The predicted molar refractivity (Wildman–Crippen MR) is 139 cm³/mol. The Labute approximate surface area is 218 Å². The Morgan fingerprint density at radius 1 is 1.08 bits per heavy atom. The summed E-state index contributed by atoms with van der Waals surface area (Å²) in [5.74, 6) is -0.782. The molecule has 0 aliphatic carbocycles. The Hall–Kier alpha value is -3.68. The zero-order valence-electron chi connectivity index (χ0n) is 20.1. The molecule has 0 spiro atoms. The molecule has 12 heteroatoms. The molecule has 0 atom stereocenters. The van der Waals surface area contributed by atoms with Gasteiger partial charge in [0.2, 0.25) is 0 Å². The molecule has 3 aromatic carbocycles. The second-order valence-corrected chi connectivity index (χ2v) is 10.9. The zero-order chi connectivity index (χ0) is 27.2. The summed E-state index contributed by atoms with van der Waals surface area (Å²) in [4.78, 5) is 13.6. The summed E-state index contributed by atoms with van der Waals surface area (Å²) in [5.41, 5.74) is 7.60. The normalized spacial score (nSPS) is 15.8. The summed E-state index contributed by atoms with van der Waals surface area (Å²) in [7, 11) is -1.48. The molecule has 0 bridgehead atoms. The van der Waals surface area contributed by atoms with Crippen LogP contribution in [0.15, 0.2) is 77.7 Å². The Morgan fingerprint density at radius 2 is 1.79 bits per heavy atom. The molecule has 4 aromatic rings. The number of carbonyl (C=O) groups is 1. The maximum atomic E-state index is 13.4. The van der Waals surface area contributed by atoms with Crippen LogP contribution in [0.1, 0.15) is 27.3 Å². The predicted octanol–water partition coefficient (Wildman–Crippen LogP) is 5.74. The molecule has 0 saturated heterocycles. The van der Waals surface area contributed by atoms with Crippen molar-refractivity contribution in [3.8, 4) is 16.8 Å². The van der Waals surface area contributed by atoms with E-state index in [1.807, 2.05) is 12.1 Å². The Balaban J connectivity index is 1.45. The van der Waals surface area contributed by atoms with E-state index in [1.54, 1.807) is 55.6 Å². The van der Waals surface area contributed by atoms with Gasteiger partial charge in [-0.15, -0.1) is 10.8 Å². The number of anilines is 1. The summed E-state index contributed by atoms with van der Waals surface area (Å²) in [6.45, 7) is 0.576. The summed E-state index contributed by atoms with van der Waals surface area (Å²) in [6, 6.07) is 19.2. The third kappa shape index (κ3) is 4.68. The number of rotatable bonds is 5. The molecular weight excluding hydrogens is 519 g/mol. The van der Waals surface area contributed by atoms with Crippen molar-refractivity contribution in [2.24, 2.45) is 5.73 Å². The van der Waals surface area contributed by atoms with E-state index in [2.05, 4.69) is 10.4 Å². The highest BCUT2D eigenvalue weighted by Gasteiger charge is 2.37. The van der Waals surface area contributed by atoms with E-state index >= 15 is 0 Å². The van der Waals surface area contributed by atoms with Crippen LogP contribution in [0, 0.1) is 0 Å². The van der Waals surface area contributed by atoms with Gasteiger partial charge in [0, 0.05) is 37.5 Å². The Bertz CT molecular complexity index is 1520. The van der Waals surface area contributed by atoms with E-state index in [0.29, 0.717) is 39.9 Å². The first-order valence-electron chi connectivity index (χ1n) is 11.5. The standard InChI is InChI=1S/C26H24F3N5O3S/c1-33-15-18-5-3-7-21(24(18)38(33,36)37)17-8-10-19(11-9-17)31-25(35)22-13-23(26(27,28)29)32-34(22)20-6-2-4-16(12-20)14-30/h2-13,36-37H,14-15,30H2,1H3,(H,31,35). The van der Waals surface area contributed by atoms with E-state index in [0.717, 1.165) is 10.2 Å². The van der Waals surface area contributed by atoms with E-state index in [4.69, 9.17) is 5.73 Å². The minimum atomic E-state index is -4.74. The van der Waals surface area contributed by atoms with Crippen LogP contribution in [0.25, 0.3) is 16.8 Å². The van der Waals surface area contributed by atoms with Crippen molar-refractivity contribution in [2.75, 3.05) is 12.4 Å². The second-order valence-electron chi connectivity index (χ2n) is 8.83. The van der Waals surface area contributed by atoms with Gasteiger partial charge in [-0.1, -0.05) is 42.5 Å². The summed E-state index contributed by atoms with van der Waals surface area (Å²) in [6.07, 6.45) is -4.74. The quantitative estimate of drug-likeness (QED) is 0.255. The molecule has 8 nitrogen and oxygen atoms in total. The molecule has 1 aliphatic rings. The molecule has 1 amide bonds. The van der Waals surface area contributed by atoms with Crippen LogP contribution < -0.4 is 11.1 Å². The number of amides is 1. The van der Waals surface area contributed by atoms with E-state index in [9.17, 15) is 27.1 Å². The van der Waals surface area contributed by atoms with Gasteiger partial charge in [0.1, 0.15) is 5.69 Å². The van der Waals surface area contributed by atoms with Crippen LogP contribution in [0.3, 0.4) is 0 Å². The molecule has 5 N–H and O–H groups in total. The number of nitrogens with zero attached hydrogens (tertiary/aromatic N) is 3. The fourth-order valence-corrected chi connectivity index (χ4v) is 5.96. The molecule has 38 heavy (non-hydrogen) atoms. The minimum Gasteiger partial charge on any atom is -0.326 e. The smallest absolute Gasteiger partial charge is 0.326 e. The number of halogens is 3. The highest BCUT2D eigenvalue weighted by molar-refractivity contribution is 8.22. The first-order chi connectivity index (χ1) is 18.0. The van der Waals surface area contributed by atoms with Crippen molar-refractivity contribution in [3.05, 3.63) is 95.3 Å². The fraction of sp³-hybridized carbons (Fsp3) is 0.154. The van der Waals surface area contributed by atoms with E-state index in [-0.39, 0.29) is 17.9 Å². The SMILES string of the molecule is CN1Cc2cccc(-c3ccc(NC(=O)c4cc(C(F)(F)F)nn4-c4cccc(CN)c4)cc3)c2S1(O)O. The van der Waals surface area contributed by atoms with Gasteiger partial charge in [-0.3, -0.25) is 13.9 Å². The molecule has 198 valence electrons. The number of fused-ring (bicyclic) bond motifs is 1. The first-order valence-corrected chi connectivity index (χ1v) is 13.0. The summed E-state index contributed by atoms with van der Waals surface area (Å²) in [5, 5.41) is 6.26. The van der Waals surface area contributed by atoms with Crippen molar-refractivity contribution in [3.63, 3.8) is 0 Å². The van der Waals surface area contributed by atoms with Crippen molar-refractivity contribution in [1.29, 1.82) is 0 Å². The lowest BCUT2D eigenvalue weighted by Gasteiger charge is -2.35. The van der Waals surface area contributed by atoms with E-state index < -0.39 is 28.6 Å². The lowest BCUT2D eigenvalue weighted by Crippen LogP contribution is -2.17. The lowest BCUT2D eigenvalue weighted by atomic mass is 10.0. The van der Waals surface area contributed by atoms with Gasteiger partial charge < -0.3 is 11.1 Å². The van der Waals surface area contributed by atoms with Gasteiger partial charge >= 0.3 is 6.18 Å². The molecule has 0 unspecified atom stereocenters. The fourth-order valence-electron chi connectivity index (χ4n) is 4.37. The zero-order valence-corrected chi connectivity index (χ0v) is 20.9. The first kappa shape index (κ1) is 25.9. The maximum Gasteiger partial charge on any atom is 0.435 e. The molecule has 2 heterocycles. The Morgan fingerprint density at radius 3 is 2.47 bits per heavy atom. The molecule has 1 aromatic heterocycles. The van der Waals surface area contributed by atoms with Crippen molar-refractivity contribution >= 4 is 22.4 Å². The summed E-state index contributed by atoms with van der Waals surface area (Å²) < 4.78 is 64.1. The minimum absolute atomic E-state index is 0.172. The van der Waals surface area contributed by atoms with Gasteiger partial charge in [0.05, 0.1) is 10.6 Å². The molecule has 5 rings (SSSR count). The number of hydrogen-bond acceptors (Lipinski definition) is 6. The molecule has 0 radical (unpaired) electrons. The number of hydrogen-bond donors (Lipinski definition) is 4. The van der Waals surface area contributed by atoms with Crippen molar-refractivity contribution in [2.45, 2.75) is 24.2 Å². The largest absolute Gasteiger partial charge is 0.435 e. The maximum absolute atomic E-state index is 13.4. The van der Waals surface area contributed by atoms with Crippen LogP contribution in [-0.4, -0.2) is 36.1 Å². The van der Waals surface area contributed by atoms with Crippen molar-refractivity contribution < 1.29 is 27.1 Å². The van der Waals surface area contributed by atoms with Crippen LogP contribution in [0.4, 0.5) is 18.9 Å². The third-order valence-electron chi connectivity index (χ3n) is 6.28. The number of alkyl halides is 3. The third-order valence-corrected chi connectivity index (χ3v) is 8.30. The average Bonchev–Trinajstić information content (AvgIpc) is 3.44. The van der Waals surface area contributed by atoms with Gasteiger partial charge in [0.25, 0.3) is 5.91 Å². The highest BCUT2D eigenvalue weighted by Crippen LogP contribution is 2.60. The molecular formula is C26H24F3N5O3S. The number of nitrogens with one attached hydrogen (secondary N) is 1. The number of nitrogens with two attached hydrogens (primary N) is 1. The number of aromatic nitrogens is 2. The Kier molecular flexibility index (Phi) is 6.53. The molecule has 1 aliphatic heterocycles. The average molecular weight is 544 g/mol. The van der Waals surface area contributed by atoms with Crippen LogP contribution in [-0.2, 0) is 19.3 Å². The topological polar surface area (TPSA) is 117 Å². The summed E-state index contributed by atoms with van der Waals surface area (Å²) >= 11 is 0. The van der Waals surface area contributed by atoms with Gasteiger partial charge in [-0.2, -0.15) is 18.3 Å². The highest BCUT2D eigenvalue weighted by atomic mass is 32.3. The van der Waals surface area contributed by atoms with E-state index in [1.165, 1.54) is 10.4 Å².